The highest BCUT2D eigenvalue weighted by molar-refractivity contribution is 6.75. The van der Waals surface area contributed by atoms with E-state index in [1.807, 2.05) is 58.0 Å². The quantitative estimate of drug-likeness (QED) is 0.0616. The summed E-state index contributed by atoms with van der Waals surface area (Å²) in [7, 11) is -2.91. The van der Waals surface area contributed by atoms with Crippen LogP contribution in [0.3, 0.4) is 0 Å². The van der Waals surface area contributed by atoms with Crippen LogP contribution in [-0.2, 0) is 57.8 Å². The number of carbonyl (C=O) groups is 1. The second-order valence-electron chi connectivity index (χ2n) is 28.0. The minimum atomic E-state index is -2.31. The number of methoxy groups -OCH3 is 2. The maximum absolute atomic E-state index is 13.8. The van der Waals surface area contributed by atoms with E-state index in [2.05, 4.69) is 115 Å². The molecule has 3 aliphatic rings. The summed E-state index contributed by atoms with van der Waals surface area (Å²) < 4.78 is 72.7. The highest BCUT2D eigenvalue weighted by Crippen LogP contribution is 2.44. The van der Waals surface area contributed by atoms with Gasteiger partial charge in [-0.25, -0.2) is 0 Å². The Bertz CT molecular complexity index is 1920. The third kappa shape index (κ3) is 20.0. The Balaban J connectivity index is 1.43. The average Bonchev–Trinajstić information content (AvgIpc) is 3.60. The van der Waals surface area contributed by atoms with Gasteiger partial charge in [-0.3, -0.25) is 4.79 Å². The van der Waals surface area contributed by atoms with Gasteiger partial charge in [0, 0.05) is 44.5 Å². The highest BCUT2D eigenvalue weighted by Gasteiger charge is 2.53. The lowest BCUT2D eigenvalue weighted by Gasteiger charge is -2.45. The molecule has 0 spiro atoms. The number of carbonyl (C=O) groups excluding carboxylic acids is 1. The number of hydrogen-bond donors (Lipinski definition) is 0. The molecule has 0 radical (unpaired) electrons. The molecule has 11 atom stereocenters. The number of ether oxygens (including phenoxy) is 8. The van der Waals surface area contributed by atoms with Gasteiger partial charge in [-0.2, -0.15) is 0 Å². The topological polar surface area (TPSA) is 119 Å². The molecule has 3 fully saturated rings. The Labute approximate surface area is 460 Å². The monoisotopic (exact) mass is 1110 g/mol. The van der Waals surface area contributed by atoms with E-state index in [0.717, 1.165) is 56.4 Å². The van der Waals surface area contributed by atoms with Crippen LogP contribution in [0.25, 0.3) is 0 Å². The van der Waals surface area contributed by atoms with Crippen LogP contribution < -0.4 is 4.74 Å². The molecule has 0 unspecified atom stereocenters. The van der Waals surface area contributed by atoms with Gasteiger partial charge < -0.3 is 51.2 Å². The molecule has 0 saturated carbocycles. The van der Waals surface area contributed by atoms with E-state index >= 15 is 0 Å². The van der Waals surface area contributed by atoms with Crippen LogP contribution in [0.2, 0.25) is 54.4 Å². The lowest BCUT2D eigenvalue weighted by molar-refractivity contribution is -0.307. The molecule has 1 aromatic rings. The number of ketones is 1. The van der Waals surface area contributed by atoms with Gasteiger partial charge in [-0.15, -0.1) is 0 Å². The Kier molecular flexibility index (Phi) is 23.8. The number of rotatable bonds is 27. The summed E-state index contributed by atoms with van der Waals surface area (Å²) >= 11 is 0. The maximum atomic E-state index is 13.8. The normalized spacial score (nSPS) is 26.2. The molecular weight excluding hydrogens is 997 g/mol. The third-order valence-electron chi connectivity index (χ3n) is 17.5. The van der Waals surface area contributed by atoms with E-state index in [9.17, 15) is 4.79 Å². The Morgan fingerprint density at radius 1 is 0.733 bits per heavy atom. The average molecular weight is 1110 g/mol. The first-order valence-corrected chi connectivity index (χ1v) is 37.4. The minimum absolute atomic E-state index is 0.0196. The number of benzene rings is 1. The van der Waals surface area contributed by atoms with Gasteiger partial charge in [-0.1, -0.05) is 94.4 Å². The summed E-state index contributed by atoms with van der Waals surface area (Å²) in [4.78, 5) is 13.8. The summed E-state index contributed by atoms with van der Waals surface area (Å²) in [6, 6.07) is 7.94. The van der Waals surface area contributed by atoms with Crippen molar-refractivity contribution in [2.75, 3.05) is 27.4 Å². The standard InChI is InChI=1S/C60H110O12Si3/c1-42(52-39-49(67-59(12,13)68-52)38-50(71-74(20,21)57(6,7)8)37-48-26-24-25-47(66-48)35-36-65-73(18,19)56(3,4)5)27-30-45(61)31-34-51(63-17)54-55(70-60(14,15)69-54)53(72-75(22,23)58(9,10)11)43(2)40-64-41-44-28-32-46(62-16)33-29-44/h27-30,32-33,42-43,47-55H,24-26,31,34-41H2,1-23H3/b30-27-/t42-,43-,47+,48-,49-,50+,51-,52+,53-,54-,55-/m0/s1. The van der Waals surface area contributed by atoms with Gasteiger partial charge in [0.25, 0.3) is 0 Å². The Morgan fingerprint density at radius 3 is 1.88 bits per heavy atom. The van der Waals surface area contributed by atoms with Crippen molar-refractivity contribution < 1.29 is 56.0 Å². The molecular formula is C60H110O12Si3. The van der Waals surface area contributed by atoms with Crippen LogP contribution in [0.1, 0.15) is 167 Å². The fourth-order valence-corrected chi connectivity index (χ4v) is 13.6. The summed E-state index contributed by atoms with van der Waals surface area (Å²) in [5.74, 6) is -0.929. The molecule has 75 heavy (non-hydrogen) atoms. The smallest absolute Gasteiger partial charge is 0.192 e. The van der Waals surface area contributed by atoms with Gasteiger partial charge >= 0.3 is 0 Å². The van der Waals surface area contributed by atoms with Crippen LogP contribution in [0.15, 0.2) is 36.4 Å². The van der Waals surface area contributed by atoms with Crippen LogP contribution >= 0.6 is 0 Å². The van der Waals surface area contributed by atoms with Crippen molar-refractivity contribution >= 4 is 30.7 Å². The molecule has 3 aliphatic heterocycles. The molecule has 15 heteroatoms. The van der Waals surface area contributed by atoms with Crippen molar-refractivity contribution in [3.8, 4) is 5.75 Å². The summed E-state index contributed by atoms with van der Waals surface area (Å²) in [6.07, 6.45) is 9.34. The molecule has 1 aromatic carbocycles. The summed E-state index contributed by atoms with van der Waals surface area (Å²) in [5, 5.41) is 0.199. The molecule has 434 valence electrons. The number of hydrogen-bond acceptors (Lipinski definition) is 12. The van der Waals surface area contributed by atoms with Crippen molar-refractivity contribution in [1.29, 1.82) is 0 Å². The van der Waals surface area contributed by atoms with Gasteiger partial charge in [0.05, 0.1) is 56.9 Å². The van der Waals surface area contributed by atoms with Crippen molar-refractivity contribution in [1.82, 2.24) is 0 Å². The van der Waals surface area contributed by atoms with E-state index in [4.69, 9.17) is 51.2 Å². The van der Waals surface area contributed by atoms with Gasteiger partial charge in [-0.05, 0) is 151 Å². The first-order valence-electron chi connectivity index (χ1n) is 28.7. The maximum Gasteiger partial charge on any atom is 0.192 e. The first-order chi connectivity index (χ1) is 34.4. The van der Waals surface area contributed by atoms with Crippen LogP contribution in [0.4, 0.5) is 0 Å². The zero-order valence-electron chi connectivity index (χ0n) is 51.7. The Hall–Kier alpha value is -1.32. The second-order valence-corrected chi connectivity index (χ2v) is 42.3. The van der Waals surface area contributed by atoms with Gasteiger partial charge in [0.15, 0.2) is 42.3 Å². The summed E-state index contributed by atoms with van der Waals surface area (Å²) in [6.45, 7) is 48.3. The van der Waals surface area contributed by atoms with Crippen LogP contribution in [-0.4, -0.2) is 125 Å². The van der Waals surface area contributed by atoms with E-state index < -0.39 is 54.8 Å². The molecule has 12 nitrogen and oxygen atoms in total. The van der Waals surface area contributed by atoms with E-state index in [1.165, 1.54) is 0 Å². The molecule has 4 rings (SSSR count). The van der Waals surface area contributed by atoms with Crippen molar-refractivity contribution in [3.05, 3.63) is 42.0 Å². The second kappa shape index (κ2) is 27.0. The molecule has 0 aromatic heterocycles. The zero-order valence-corrected chi connectivity index (χ0v) is 54.7. The first kappa shape index (κ1) is 66.2. The number of allylic oxidation sites excluding steroid dienone is 1. The van der Waals surface area contributed by atoms with Crippen LogP contribution in [0.5, 0.6) is 5.75 Å². The fraction of sp³-hybridized carbons (Fsp3) is 0.850. The molecule has 3 heterocycles. The lowest BCUT2D eigenvalue weighted by atomic mass is 9.91. The zero-order chi connectivity index (χ0) is 56.6. The van der Waals surface area contributed by atoms with Crippen molar-refractivity contribution in [3.63, 3.8) is 0 Å². The van der Waals surface area contributed by atoms with Crippen LogP contribution in [0, 0.1) is 11.8 Å². The molecule has 0 amide bonds. The van der Waals surface area contributed by atoms with E-state index in [-0.39, 0.29) is 75.8 Å². The molecule has 3 saturated heterocycles. The lowest BCUT2D eigenvalue weighted by Crippen LogP contribution is -2.54. The third-order valence-corrected chi connectivity index (χ3v) is 31.0. The predicted molar refractivity (Wildman–Crippen MR) is 311 cm³/mol. The van der Waals surface area contributed by atoms with Crippen molar-refractivity contribution in [2.45, 2.75) is 289 Å². The highest BCUT2D eigenvalue weighted by atomic mass is 28.4. The molecule has 0 aliphatic carbocycles. The molecule has 0 bridgehead atoms. The van der Waals surface area contributed by atoms with E-state index in [1.54, 1.807) is 20.3 Å². The van der Waals surface area contributed by atoms with Gasteiger partial charge in [0.2, 0.25) is 0 Å². The molecule has 0 N–H and O–H groups in total. The minimum Gasteiger partial charge on any atom is -0.497 e. The van der Waals surface area contributed by atoms with Crippen molar-refractivity contribution in [2.24, 2.45) is 11.8 Å². The van der Waals surface area contributed by atoms with E-state index in [0.29, 0.717) is 26.1 Å². The predicted octanol–water partition coefficient (Wildman–Crippen LogP) is 14.7. The Morgan fingerprint density at radius 2 is 1.29 bits per heavy atom. The fourth-order valence-electron chi connectivity index (χ4n) is 9.75. The van der Waals surface area contributed by atoms with Gasteiger partial charge in [0.1, 0.15) is 18.0 Å². The summed E-state index contributed by atoms with van der Waals surface area (Å²) in [5.41, 5.74) is 1.06. The SMILES string of the molecule is COc1ccc(COC[C@H](C)[C@H](O[Si](C)(C)C(C)(C)C)[C@@H]2OC(C)(C)O[C@H]2[C@H](CCC(=O)/C=C\[C@H](C)[C@H]2C[C@H](C[C@@H](C[C@@H]3CCC[C@H](CCO[Si](C)(C)C(C)(C)C)O3)O[Si](C)(C)C(C)(C)C)OC(C)(C)O2)OC)cc1. The largest absolute Gasteiger partial charge is 0.497 e.